The maximum Gasteiger partial charge on any atom is 0.245 e. The lowest BCUT2D eigenvalue weighted by Crippen LogP contribution is -2.25. The third kappa shape index (κ3) is 4.17. The number of fused-ring (bicyclic) bond motifs is 2. The van der Waals surface area contributed by atoms with Gasteiger partial charge in [-0.2, -0.15) is 0 Å². The lowest BCUT2D eigenvalue weighted by Gasteiger charge is -2.20. The van der Waals surface area contributed by atoms with Crippen LogP contribution in [0.1, 0.15) is 5.56 Å². The third-order valence-electron chi connectivity index (χ3n) is 5.99. The summed E-state index contributed by atoms with van der Waals surface area (Å²) in [6.45, 7) is 2.10. The number of rotatable bonds is 5. The summed E-state index contributed by atoms with van der Waals surface area (Å²) in [5.74, 6) is 0.432. The lowest BCUT2D eigenvalue weighted by atomic mass is 10.1. The summed E-state index contributed by atoms with van der Waals surface area (Å²) >= 11 is 0. The normalized spacial score (nSPS) is 14.0. The fourth-order valence-corrected chi connectivity index (χ4v) is 4.61. The summed E-state index contributed by atoms with van der Waals surface area (Å²) < 4.78 is 33.1. The standard InChI is InChI=1S/C24H26N6O3S/c1-28-12-13-33-16-17-14-18(8-10-21(17)28)26-24-25-15-19-9-11-23(30(19)27-24)20-6-4-5-7-22(20)29(2)34(3,31)32/h4-11,14-15H,12-13,16H2,1-3H3,(H,26,27). The van der Waals surface area contributed by atoms with E-state index >= 15 is 0 Å². The Morgan fingerprint density at radius 3 is 2.76 bits per heavy atom. The number of nitrogens with one attached hydrogen (secondary N) is 1. The summed E-state index contributed by atoms with van der Waals surface area (Å²) in [7, 11) is 0.186. The molecular weight excluding hydrogens is 452 g/mol. The van der Waals surface area contributed by atoms with Gasteiger partial charge in [0.05, 0.1) is 42.6 Å². The molecule has 0 atom stereocenters. The summed E-state index contributed by atoms with van der Waals surface area (Å²) in [6, 6.07) is 17.3. The Balaban J connectivity index is 1.52. The van der Waals surface area contributed by atoms with Gasteiger partial charge in [-0.25, -0.2) is 17.9 Å². The molecule has 0 unspecified atom stereocenters. The van der Waals surface area contributed by atoms with Crippen molar-refractivity contribution in [2.45, 2.75) is 6.61 Å². The number of hydrogen-bond acceptors (Lipinski definition) is 7. The van der Waals surface area contributed by atoms with Gasteiger partial charge < -0.3 is 15.0 Å². The second-order valence-electron chi connectivity index (χ2n) is 8.33. The molecule has 1 N–H and O–H groups in total. The van der Waals surface area contributed by atoms with E-state index in [0.717, 1.165) is 40.3 Å². The van der Waals surface area contributed by atoms with Crippen LogP contribution in [0.2, 0.25) is 0 Å². The van der Waals surface area contributed by atoms with Crippen LogP contribution in [0.4, 0.5) is 23.0 Å². The molecular formula is C24H26N6O3S. The molecule has 4 aromatic rings. The van der Waals surface area contributed by atoms with Crippen molar-refractivity contribution in [1.29, 1.82) is 0 Å². The van der Waals surface area contributed by atoms with E-state index in [1.807, 2.05) is 36.4 Å². The Morgan fingerprint density at radius 2 is 1.94 bits per heavy atom. The van der Waals surface area contributed by atoms with E-state index in [9.17, 15) is 8.42 Å². The molecule has 9 nitrogen and oxygen atoms in total. The molecule has 34 heavy (non-hydrogen) atoms. The first kappa shape index (κ1) is 22.2. The van der Waals surface area contributed by atoms with Crippen LogP contribution < -0.4 is 14.5 Å². The smallest absolute Gasteiger partial charge is 0.245 e. The summed E-state index contributed by atoms with van der Waals surface area (Å²) in [5.41, 5.74) is 6.02. The summed E-state index contributed by atoms with van der Waals surface area (Å²) in [6.07, 6.45) is 2.93. The van der Waals surface area contributed by atoms with Gasteiger partial charge in [-0.3, -0.25) is 4.31 Å². The van der Waals surface area contributed by atoms with Gasteiger partial charge >= 0.3 is 0 Å². The van der Waals surface area contributed by atoms with Gasteiger partial charge in [0.25, 0.3) is 0 Å². The Kier molecular flexibility index (Phi) is 5.62. The predicted molar refractivity (Wildman–Crippen MR) is 134 cm³/mol. The molecule has 1 aliphatic heterocycles. The van der Waals surface area contributed by atoms with Crippen LogP contribution in [0, 0.1) is 0 Å². The number of nitrogens with zero attached hydrogens (tertiary/aromatic N) is 5. The molecule has 0 fully saturated rings. The van der Waals surface area contributed by atoms with Crippen LogP contribution in [0.15, 0.2) is 60.8 Å². The number of para-hydroxylation sites is 1. The van der Waals surface area contributed by atoms with Crippen molar-refractivity contribution in [3.63, 3.8) is 0 Å². The number of likely N-dealkylation sites (N-methyl/N-ethyl adjacent to an activating group) is 1. The maximum atomic E-state index is 12.2. The highest BCUT2D eigenvalue weighted by Crippen LogP contribution is 2.33. The Labute approximate surface area is 198 Å². The van der Waals surface area contributed by atoms with E-state index in [4.69, 9.17) is 9.84 Å². The molecule has 2 aromatic carbocycles. The fourth-order valence-electron chi connectivity index (χ4n) is 4.09. The average Bonchev–Trinajstić information content (AvgIpc) is 3.14. The van der Waals surface area contributed by atoms with Gasteiger partial charge in [0, 0.05) is 43.1 Å². The van der Waals surface area contributed by atoms with Gasteiger partial charge in [0.2, 0.25) is 16.0 Å². The zero-order valence-corrected chi connectivity index (χ0v) is 20.1. The summed E-state index contributed by atoms with van der Waals surface area (Å²) in [4.78, 5) is 6.65. The van der Waals surface area contributed by atoms with E-state index in [1.165, 1.54) is 10.6 Å². The Bertz CT molecular complexity index is 1470. The van der Waals surface area contributed by atoms with Gasteiger partial charge in [-0.1, -0.05) is 18.2 Å². The number of ether oxygens (including phenoxy) is 1. The number of hydrogen-bond donors (Lipinski definition) is 1. The van der Waals surface area contributed by atoms with E-state index in [0.29, 0.717) is 24.8 Å². The SMILES string of the molecule is CN1CCOCc2cc(Nc3ncc4ccc(-c5ccccc5N(C)S(C)(=O)=O)n4n3)ccc21. The van der Waals surface area contributed by atoms with Gasteiger partial charge in [-0.15, -0.1) is 5.10 Å². The van der Waals surface area contributed by atoms with Crippen molar-refractivity contribution in [3.05, 3.63) is 66.4 Å². The second-order valence-corrected chi connectivity index (χ2v) is 10.3. The highest BCUT2D eigenvalue weighted by Gasteiger charge is 2.19. The molecule has 3 heterocycles. The molecule has 0 amide bonds. The van der Waals surface area contributed by atoms with Crippen molar-refractivity contribution in [3.8, 4) is 11.3 Å². The van der Waals surface area contributed by atoms with Gasteiger partial charge in [0.1, 0.15) is 0 Å². The van der Waals surface area contributed by atoms with Crippen LogP contribution in [-0.2, 0) is 21.4 Å². The van der Waals surface area contributed by atoms with E-state index < -0.39 is 10.0 Å². The number of aromatic nitrogens is 3. The first-order valence-corrected chi connectivity index (χ1v) is 12.7. The highest BCUT2D eigenvalue weighted by atomic mass is 32.2. The molecule has 0 saturated carbocycles. The van der Waals surface area contributed by atoms with Crippen LogP contribution in [0.3, 0.4) is 0 Å². The minimum absolute atomic E-state index is 0.432. The first-order chi connectivity index (χ1) is 16.3. The summed E-state index contributed by atoms with van der Waals surface area (Å²) in [5, 5.41) is 7.99. The number of anilines is 4. The predicted octanol–water partition coefficient (Wildman–Crippen LogP) is 3.50. The highest BCUT2D eigenvalue weighted by molar-refractivity contribution is 7.92. The Morgan fingerprint density at radius 1 is 1.12 bits per heavy atom. The molecule has 0 spiro atoms. The largest absolute Gasteiger partial charge is 0.375 e. The monoisotopic (exact) mass is 478 g/mol. The zero-order valence-electron chi connectivity index (χ0n) is 19.3. The number of benzene rings is 2. The minimum Gasteiger partial charge on any atom is -0.375 e. The quantitative estimate of drug-likeness (QED) is 0.469. The second kappa shape index (κ2) is 8.62. The lowest BCUT2D eigenvalue weighted by molar-refractivity contribution is 0.133. The molecule has 0 bridgehead atoms. The minimum atomic E-state index is -3.42. The van der Waals surface area contributed by atoms with E-state index in [2.05, 4.69) is 34.4 Å². The van der Waals surface area contributed by atoms with Gasteiger partial charge in [0.15, 0.2) is 0 Å². The van der Waals surface area contributed by atoms with Crippen LogP contribution in [-0.4, -0.2) is 56.5 Å². The topological polar surface area (TPSA) is 92.1 Å². The molecule has 176 valence electrons. The molecule has 0 saturated heterocycles. The van der Waals surface area contributed by atoms with E-state index in [1.54, 1.807) is 23.8 Å². The van der Waals surface area contributed by atoms with Crippen molar-refractivity contribution in [2.24, 2.45) is 0 Å². The van der Waals surface area contributed by atoms with Crippen LogP contribution in [0.5, 0.6) is 0 Å². The fraction of sp³-hybridized carbons (Fsp3) is 0.250. The van der Waals surface area contributed by atoms with Crippen LogP contribution >= 0.6 is 0 Å². The molecule has 0 radical (unpaired) electrons. The average molecular weight is 479 g/mol. The van der Waals surface area contributed by atoms with Crippen molar-refractivity contribution in [1.82, 2.24) is 14.6 Å². The molecule has 0 aliphatic carbocycles. The Hall–Kier alpha value is -3.63. The van der Waals surface area contributed by atoms with Crippen molar-refractivity contribution in [2.75, 3.05) is 48.0 Å². The van der Waals surface area contributed by atoms with Gasteiger partial charge in [-0.05, 0) is 36.4 Å². The molecule has 2 aromatic heterocycles. The molecule has 5 rings (SSSR count). The first-order valence-electron chi connectivity index (χ1n) is 10.9. The maximum absolute atomic E-state index is 12.2. The van der Waals surface area contributed by atoms with E-state index in [-0.39, 0.29) is 0 Å². The van der Waals surface area contributed by atoms with Crippen molar-refractivity contribution >= 4 is 38.6 Å². The molecule has 10 heteroatoms. The third-order valence-corrected chi connectivity index (χ3v) is 7.18. The van der Waals surface area contributed by atoms with Crippen molar-refractivity contribution < 1.29 is 13.2 Å². The number of sulfonamides is 1. The molecule has 1 aliphatic rings. The van der Waals surface area contributed by atoms with Crippen LogP contribution in [0.25, 0.3) is 16.8 Å². The zero-order chi connectivity index (χ0) is 23.9.